The molecular weight excluding hydrogens is 210 g/mol. The number of nitrogens with one attached hydrogen (secondary N) is 1. The van der Waals surface area contributed by atoms with E-state index in [0.717, 1.165) is 36.6 Å². The minimum Gasteiger partial charge on any atom is -0.317 e. The summed E-state index contributed by atoms with van der Waals surface area (Å²) in [4.78, 5) is 0. The molecule has 1 aliphatic heterocycles. The Balaban J connectivity index is 1.80. The van der Waals surface area contributed by atoms with Crippen LogP contribution in [0.15, 0.2) is 30.3 Å². The van der Waals surface area contributed by atoms with Crippen LogP contribution in [0.25, 0.3) is 10.9 Å². The lowest BCUT2D eigenvalue weighted by Crippen LogP contribution is -2.28. The minimum atomic E-state index is 0.770. The highest BCUT2D eigenvalue weighted by Crippen LogP contribution is 2.18. The van der Waals surface area contributed by atoms with Crippen molar-refractivity contribution in [1.29, 1.82) is 0 Å². The second kappa shape index (κ2) is 4.80. The molecule has 2 heterocycles. The SMILES string of the molecule is c1ccc2nnc(CC3CCNCC3)cc2c1. The van der Waals surface area contributed by atoms with Gasteiger partial charge in [-0.1, -0.05) is 18.2 Å². The fraction of sp³-hybridized carbons (Fsp3) is 0.429. The molecule has 1 saturated heterocycles. The summed E-state index contributed by atoms with van der Waals surface area (Å²) < 4.78 is 0. The smallest absolute Gasteiger partial charge is 0.0929 e. The Kier molecular flexibility index (Phi) is 3.01. The van der Waals surface area contributed by atoms with E-state index >= 15 is 0 Å². The number of fused-ring (bicyclic) bond motifs is 1. The third-order valence-electron chi connectivity index (χ3n) is 3.50. The number of piperidine rings is 1. The first kappa shape index (κ1) is 10.7. The van der Waals surface area contributed by atoms with Crippen molar-refractivity contribution in [2.24, 2.45) is 5.92 Å². The molecule has 1 aromatic carbocycles. The summed E-state index contributed by atoms with van der Waals surface area (Å²) in [7, 11) is 0. The molecule has 3 rings (SSSR count). The molecule has 1 aromatic heterocycles. The van der Waals surface area contributed by atoms with Gasteiger partial charge in [0.05, 0.1) is 11.2 Å². The monoisotopic (exact) mass is 227 g/mol. The van der Waals surface area contributed by atoms with Gasteiger partial charge in [-0.25, -0.2) is 0 Å². The van der Waals surface area contributed by atoms with Crippen molar-refractivity contribution < 1.29 is 0 Å². The van der Waals surface area contributed by atoms with Crippen molar-refractivity contribution >= 4 is 10.9 Å². The number of nitrogens with zero attached hydrogens (tertiary/aromatic N) is 2. The zero-order valence-electron chi connectivity index (χ0n) is 9.89. The van der Waals surface area contributed by atoms with Crippen LogP contribution < -0.4 is 5.32 Å². The summed E-state index contributed by atoms with van der Waals surface area (Å²) in [6.07, 6.45) is 3.59. The zero-order chi connectivity index (χ0) is 11.5. The number of hydrogen-bond donors (Lipinski definition) is 1. The van der Waals surface area contributed by atoms with Crippen molar-refractivity contribution in [3.63, 3.8) is 0 Å². The highest BCUT2D eigenvalue weighted by atomic mass is 15.1. The first-order chi connectivity index (χ1) is 8.42. The average Bonchev–Trinajstić information content (AvgIpc) is 2.40. The second-order valence-electron chi connectivity index (χ2n) is 4.79. The molecule has 17 heavy (non-hydrogen) atoms. The van der Waals surface area contributed by atoms with Crippen molar-refractivity contribution in [1.82, 2.24) is 15.5 Å². The Morgan fingerprint density at radius 3 is 2.82 bits per heavy atom. The minimum absolute atomic E-state index is 0.770. The third-order valence-corrected chi connectivity index (χ3v) is 3.50. The van der Waals surface area contributed by atoms with Crippen LogP contribution in [0.5, 0.6) is 0 Å². The number of benzene rings is 1. The molecule has 0 saturated carbocycles. The fourth-order valence-corrected chi connectivity index (χ4v) is 2.51. The molecule has 0 spiro atoms. The Morgan fingerprint density at radius 1 is 1.12 bits per heavy atom. The maximum Gasteiger partial charge on any atom is 0.0929 e. The third kappa shape index (κ3) is 2.44. The Labute approximate surface area is 101 Å². The van der Waals surface area contributed by atoms with E-state index in [-0.39, 0.29) is 0 Å². The van der Waals surface area contributed by atoms with Crippen molar-refractivity contribution in [3.05, 3.63) is 36.0 Å². The maximum absolute atomic E-state index is 4.33. The molecule has 0 amide bonds. The van der Waals surface area contributed by atoms with E-state index in [1.807, 2.05) is 12.1 Å². The van der Waals surface area contributed by atoms with Crippen LogP contribution in [0.1, 0.15) is 18.5 Å². The highest BCUT2D eigenvalue weighted by molar-refractivity contribution is 5.77. The van der Waals surface area contributed by atoms with E-state index in [1.165, 1.54) is 18.2 Å². The first-order valence-electron chi connectivity index (χ1n) is 6.34. The molecule has 88 valence electrons. The average molecular weight is 227 g/mol. The molecule has 1 fully saturated rings. The van der Waals surface area contributed by atoms with Gasteiger partial charge in [0.2, 0.25) is 0 Å². The van der Waals surface area contributed by atoms with Crippen LogP contribution in [0, 0.1) is 5.92 Å². The second-order valence-corrected chi connectivity index (χ2v) is 4.79. The highest BCUT2D eigenvalue weighted by Gasteiger charge is 2.14. The predicted molar refractivity (Wildman–Crippen MR) is 68.8 cm³/mol. The van der Waals surface area contributed by atoms with E-state index in [4.69, 9.17) is 0 Å². The Hall–Kier alpha value is -1.48. The largest absolute Gasteiger partial charge is 0.317 e. The molecule has 2 aromatic rings. The van der Waals surface area contributed by atoms with E-state index in [1.54, 1.807) is 0 Å². The van der Waals surface area contributed by atoms with Gasteiger partial charge in [-0.3, -0.25) is 0 Å². The summed E-state index contributed by atoms with van der Waals surface area (Å²) in [5, 5.41) is 13.2. The first-order valence-corrected chi connectivity index (χ1v) is 6.34. The number of aromatic nitrogens is 2. The van der Waals surface area contributed by atoms with Crippen LogP contribution in [0.3, 0.4) is 0 Å². The van der Waals surface area contributed by atoms with E-state index < -0.39 is 0 Å². The normalized spacial score (nSPS) is 17.4. The molecular formula is C14H17N3. The van der Waals surface area contributed by atoms with Gasteiger partial charge in [-0.05, 0) is 50.4 Å². The van der Waals surface area contributed by atoms with Gasteiger partial charge in [0.25, 0.3) is 0 Å². The number of hydrogen-bond acceptors (Lipinski definition) is 3. The number of rotatable bonds is 2. The molecule has 0 atom stereocenters. The fourth-order valence-electron chi connectivity index (χ4n) is 2.51. The lowest BCUT2D eigenvalue weighted by Gasteiger charge is -2.21. The summed E-state index contributed by atoms with van der Waals surface area (Å²) >= 11 is 0. The van der Waals surface area contributed by atoms with Crippen LogP contribution >= 0.6 is 0 Å². The summed E-state index contributed by atoms with van der Waals surface area (Å²) in [6, 6.07) is 10.4. The lowest BCUT2D eigenvalue weighted by molar-refractivity contribution is 0.369. The van der Waals surface area contributed by atoms with E-state index in [9.17, 15) is 0 Å². The van der Waals surface area contributed by atoms with Gasteiger partial charge >= 0.3 is 0 Å². The van der Waals surface area contributed by atoms with Gasteiger partial charge in [0.15, 0.2) is 0 Å². The molecule has 3 heteroatoms. The lowest BCUT2D eigenvalue weighted by atomic mass is 9.93. The van der Waals surface area contributed by atoms with Crippen LogP contribution in [0.2, 0.25) is 0 Å². The Morgan fingerprint density at radius 2 is 1.94 bits per heavy atom. The van der Waals surface area contributed by atoms with Gasteiger partial charge in [0.1, 0.15) is 0 Å². The molecule has 1 N–H and O–H groups in total. The van der Waals surface area contributed by atoms with Crippen molar-refractivity contribution in [2.75, 3.05) is 13.1 Å². The quantitative estimate of drug-likeness (QED) is 0.854. The molecule has 0 aliphatic carbocycles. The van der Waals surface area contributed by atoms with Crippen molar-refractivity contribution in [2.45, 2.75) is 19.3 Å². The zero-order valence-corrected chi connectivity index (χ0v) is 9.89. The van der Waals surface area contributed by atoms with Gasteiger partial charge < -0.3 is 5.32 Å². The molecule has 0 unspecified atom stereocenters. The van der Waals surface area contributed by atoms with Crippen LogP contribution in [-0.2, 0) is 6.42 Å². The van der Waals surface area contributed by atoms with Crippen LogP contribution in [0.4, 0.5) is 0 Å². The van der Waals surface area contributed by atoms with E-state index in [2.05, 4.69) is 33.7 Å². The van der Waals surface area contributed by atoms with Crippen LogP contribution in [-0.4, -0.2) is 23.3 Å². The molecule has 1 aliphatic rings. The van der Waals surface area contributed by atoms with Gasteiger partial charge in [-0.15, -0.1) is 0 Å². The predicted octanol–water partition coefficient (Wildman–Crippen LogP) is 2.17. The van der Waals surface area contributed by atoms with Gasteiger partial charge in [0, 0.05) is 5.39 Å². The van der Waals surface area contributed by atoms with Crippen molar-refractivity contribution in [3.8, 4) is 0 Å². The topological polar surface area (TPSA) is 37.8 Å². The summed E-state index contributed by atoms with van der Waals surface area (Å²) in [6.45, 7) is 2.29. The van der Waals surface area contributed by atoms with E-state index in [0.29, 0.717) is 0 Å². The molecule has 3 nitrogen and oxygen atoms in total. The summed E-state index contributed by atoms with van der Waals surface area (Å²) in [5.41, 5.74) is 2.12. The standard InChI is InChI=1S/C14H17N3/c1-2-4-14-12(3-1)10-13(16-17-14)9-11-5-7-15-8-6-11/h1-4,10-11,15H,5-9H2. The maximum atomic E-state index is 4.33. The molecule has 0 bridgehead atoms. The summed E-state index contributed by atoms with van der Waals surface area (Å²) in [5.74, 6) is 0.770. The van der Waals surface area contributed by atoms with Gasteiger partial charge in [-0.2, -0.15) is 10.2 Å². The Bertz CT molecular complexity index is 504. The molecule has 0 radical (unpaired) electrons.